The van der Waals surface area contributed by atoms with Gasteiger partial charge < -0.3 is 21.1 Å². The number of rotatable bonds is 5. The summed E-state index contributed by atoms with van der Waals surface area (Å²) in [6.07, 6.45) is 3.12. The molecule has 0 bridgehead atoms. The molecule has 1 aromatic heterocycles. The Kier molecular flexibility index (Phi) is 6.31. The maximum atomic E-state index is 12.8. The van der Waals surface area contributed by atoms with E-state index in [9.17, 15) is 9.59 Å². The molecule has 5 N–H and O–H groups in total. The fraction of sp³-hybridized carbons (Fsp3) is 0.368. The predicted octanol–water partition coefficient (Wildman–Crippen LogP) is 2.79. The van der Waals surface area contributed by atoms with Crippen molar-refractivity contribution in [3.05, 3.63) is 35.9 Å². The number of carbonyl (C=O) groups is 2. The normalized spacial score (nSPS) is 17.0. The summed E-state index contributed by atoms with van der Waals surface area (Å²) in [5.74, 6) is 0.513. The van der Waals surface area contributed by atoms with Gasteiger partial charge in [-0.2, -0.15) is 0 Å². The van der Waals surface area contributed by atoms with E-state index in [1.807, 2.05) is 24.3 Å². The molecule has 144 valence electrons. The van der Waals surface area contributed by atoms with Crippen LogP contribution in [0.2, 0.25) is 0 Å². The fourth-order valence-electron chi connectivity index (χ4n) is 3.09. The number of primary amides is 1. The number of urea groups is 1. The number of thiophene rings is 1. The third-order valence-corrected chi connectivity index (χ3v) is 5.55. The molecule has 8 heteroatoms. The smallest absolute Gasteiger partial charge is 0.317 e. The Hall–Kier alpha value is -2.58. The summed E-state index contributed by atoms with van der Waals surface area (Å²) in [6, 6.07) is 8.71. The van der Waals surface area contributed by atoms with Gasteiger partial charge in [0.25, 0.3) is 5.91 Å². The van der Waals surface area contributed by atoms with Crippen molar-refractivity contribution in [3.63, 3.8) is 0 Å². The van der Waals surface area contributed by atoms with Gasteiger partial charge in [-0.1, -0.05) is 18.6 Å². The zero-order valence-corrected chi connectivity index (χ0v) is 16.0. The molecule has 0 radical (unpaired) electrons. The van der Waals surface area contributed by atoms with Crippen LogP contribution in [0.5, 0.6) is 5.75 Å². The number of nitrogens with one attached hydrogen (secondary N) is 3. The number of carbonyl (C=O) groups excluding carboxylic acids is 2. The van der Waals surface area contributed by atoms with Crippen molar-refractivity contribution in [1.82, 2.24) is 10.6 Å². The van der Waals surface area contributed by atoms with Crippen LogP contribution in [0.15, 0.2) is 30.3 Å². The van der Waals surface area contributed by atoms with Crippen LogP contribution in [0, 0.1) is 0 Å². The summed E-state index contributed by atoms with van der Waals surface area (Å²) in [7, 11) is 1.60. The number of hydrogen-bond donors (Lipinski definition) is 4. The van der Waals surface area contributed by atoms with Gasteiger partial charge in [0, 0.05) is 17.5 Å². The second kappa shape index (κ2) is 8.88. The van der Waals surface area contributed by atoms with Gasteiger partial charge in [-0.05, 0) is 43.1 Å². The second-order valence-electron chi connectivity index (χ2n) is 6.44. The van der Waals surface area contributed by atoms with E-state index >= 15 is 0 Å². The summed E-state index contributed by atoms with van der Waals surface area (Å²) >= 11 is 1.31. The molecule has 7 nitrogen and oxygen atoms in total. The highest BCUT2D eigenvalue weighted by molar-refractivity contribution is 7.20. The summed E-state index contributed by atoms with van der Waals surface area (Å²) < 4.78 is 5.27. The van der Waals surface area contributed by atoms with Gasteiger partial charge >= 0.3 is 6.03 Å². The number of benzene rings is 1. The van der Waals surface area contributed by atoms with Crippen LogP contribution < -0.4 is 26.4 Å². The first-order valence-electron chi connectivity index (χ1n) is 8.93. The van der Waals surface area contributed by atoms with Crippen molar-refractivity contribution in [2.24, 2.45) is 5.73 Å². The van der Waals surface area contributed by atoms with Crippen LogP contribution in [-0.2, 0) is 0 Å². The second-order valence-corrected chi connectivity index (χ2v) is 7.50. The van der Waals surface area contributed by atoms with E-state index in [0.717, 1.165) is 48.5 Å². The van der Waals surface area contributed by atoms with E-state index in [4.69, 9.17) is 10.5 Å². The summed E-state index contributed by atoms with van der Waals surface area (Å²) in [6.45, 7) is 1.72. The van der Waals surface area contributed by atoms with Crippen LogP contribution in [0.25, 0.3) is 10.4 Å². The molecular weight excluding hydrogens is 364 g/mol. The van der Waals surface area contributed by atoms with Crippen molar-refractivity contribution < 1.29 is 14.3 Å². The van der Waals surface area contributed by atoms with E-state index in [-0.39, 0.29) is 11.9 Å². The van der Waals surface area contributed by atoms with Gasteiger partial charge in [0.05, 0.1) is 12.7 Å². The molecule has 0 saturated carbocycles. The summed E-state index contributed by atoms with van der Waals surface area (Å²) in [5, 5.41) is 9.41. The van der Waals surface area contributed by atoms with Crippen molar-refractivity contribution >= 4 is 28.3 Å². The minimum atomic E-state index is -0.695. The van der Waals surface area contributed by atoms with Gasteiger partial charge in [0.1, 0.15) is 10.8 Å². The zero-order valence-electron chi connectivity index (χ0n) is 15.2. The number of nitrogens with two attached hydrogens (primary N) is 1. The molecule has 1 atom stereocenters. The molecule has 0 aliphatic carbocycles. The molecular formula is C19H24N4O3S. The molecule has 0 unspecified atom stereocenters. The maximum absolute atomic E-state index is 12.8. The molecule has 27 heavy (non-hydrogen) atoms. The Labute approximate surface area is 162 Å². The highest BCUT2D eigenvalue weighted by Gasteiger charge is 2.21. The van der Waals surface area contributed by atoms with Crippen LogP contribution in [0.1, 0.15) is 29.6 Å². The Bertz CT molecular complexity index is 813. The maximum Gasteiger partial charge on any atom is 0.317 e. The molecule has 0 spiro atoms. The molecule has 1 aromatic carbocycles. The topological polar surface area (TPSA) is 105 Å². The average molecular weight is 388 g/mol. The molecule has 1 fully saturated rings. The minimum Gasteiger partial charge on any atom is -0.497 e. The monoisotopic (exact) mass is 388 g/mol. The molecule has 1 aliphatic rings. The lowest BCUT2D eigenvalue weighted by Crippen LogP contribution is -2.41. The average Bonchev–Trinajstić information content (AvgIpc) is 2.90. The first kappa shape index (κ1) is 19.2. The number of hydrogen-bond acceptors (Lipinski definition) is 5. The first-order chi connectivity index (χ1) is 13.1. The Balaban J connectivity index is 1.86. The largest absolute Gasteiger partial charge is 0.497 e. The summed E-state index contributed by atoms with van der Waals surface area (Å²) in [4.78, 5) is 25.1. The number of ether oxygens (including phenoxy) is 1. The van der Waals surface area contributed by atoms with Crippen LogP contribution >= 0.6 is 11.3 Å². The minimum absolute atomic E-state index is 0.0709. The van der Waals surface area contributed by atoms with Crippen molar-refractivity contribution in [2.75, 3.05) is 25.5 Å². The van der Waals surface area contributed by atoms with Crippen LogP contribution in [0.3, 0.4) is 0 Å². The molecule has 1 saturated heterocycles. The lowest BCUT2D eigenvalue weighted by Gasteiger charge is -2.16. The Morgan fingerprint density at radius 1 is 1.30 bits per heavy atom. The molecule has 3 amide bonds. The van der Waals surface area contributed by atoms with Gasteiger partial charge in [-0.15, -0.1) is 11.3 Å². The van der Waals surface area contributed by atoms with Crippen LogP contribution in [-0.4, -0.2) is 38.2 Å². The third-order valence-electron chi connectivity index (χ3n) is 4.45. The van der Waals surface area contributed by atoms with E-state index in [0.29, 0.717) is 10.6 Å². The molecule has 3 rings (SSSR count). The molecule has 2 aromatic rings. The summed E-state index contributed by atoms with van der Waals surface area (Å²) in [5.41, 5.74) is 6.61. The first-order valence-corrected chi connectivity index (χ1v) is 9.75. The zero-order chi connectivity index (χ0) is 19.2. The Morgan fingerprint density at radius 2 is 2.15 bits per heavy atom. The third kappa shape index (κ3) is 4.99. The highest BCUT2D eigenvalue weighted by Crippen LogP contribution is 2.36. The van der Waals surface area contributed by atoms with Crippen molar-refractivity contribution in [2.45, 2.75) is 25.3 Å². The quantitative estimate of drug-likeness (QED) is 0.632. The predicted molar refractivity (Wildman–Crippen MR) is 107 cm³/mol. The lowest BCUT2D eigenvalue weighted by atomic mass is 10.1. The Morgan fingerprint density at radius 3 is 2.93 bits per heavy atom. The van der Waals surface area contributed by atoms with Gasteiger partial charge in [-0.3, -0.25) is 10.1 Å². The number of anilines is 1. The fourth-order valence-corrected chi connectivity index (χ4v) is 4.14. The van der Waals surface area contributed by atoms with Crippen LogP contribution in [0.4, 0.5) is 9.80 Å². The number of methoxy groups -OCH3 is 1. The molecule has 1 aliphatic heterocycles. The van der Waals surface area contributed by atoms with Crippen molar-refractivity contribution in [3.8, 4) is 16.2 Å². The van der Waals surface area contributed by atoms with E-state index in [2.05, 4.69) is 16.0 Å². The van der Waals surface area contributed by atoms with Gasteiger partial charge in [-0.25, -0.2) is 4.79 Å². The molecule has 2 heterocycles. The standard InChI is InChI=1S/C19H24N4O3S/c1-26-14-7-4-5-12(9-14)16-10-15(18(27-16)23-19(20)25)17(24)22-13-6-2-3-8-21-11-13/h4-5,7,9-10,13,21H,2-3,6,8,11H2,1H3,(H,22,24)(H3,20,23,25)/t13-/m0/s1. The lowest BCUT2D eigenvalue weighted by molar-refractivity contribution is 0.0937. The van der Waals surface area contributed by atoms with Gasteiger partial charge in [0.15, 0.2) is 0 Å². The van der Waals surface area contributed by atoms with Crippen molar-refractivity contribution in [1.29, 1.82) is 0 Å². The van der Waals surface area contributed by atoms with E-state index in [1.165, 1.54) is 11.3 Å². The number of amides is 3. The SMILES string of the molecule is COc1cccc(-c2cc(C(=O)N[C@H]3CCCCNC3)c(NC(N)=O)s2)c1. The van der Waals surface area contributed by atoms with E-state index in [1.54, 1.807) is 13.2 Å². The van der Waals surface area contributed by atoms with Gasteiger partial charge in [0.2, 0.25) is 0 Å². The van der Waals surface area contributed by atoms with E-state index < -0.39 is 6.03 Å². The highest BCUT2D eigenvalue weighted by atomic mass is 32.1.